The molecule has 0 fully saturated rings. The molecule has 7 nitrogen and oxygen atoms in total. The van der Waals surface area contributed by atoms with Gasteiger partial charge in [-0.05, 0) is 26.0 Å². The largest absolute Gasteiger partial charge is 0.367 e. The average Bonchev–Trinajstić information content (AvgIpc) is 3.26. The van der Waals surface area contributed by atoms with Gasteiger partial charge in [0, 0.05) is 16.5 Å². The van der Waals surface area contributed by atoms with E-state index in [1.165, 1.54) is 18.3 Å². The molecule has 0 spiro atoms. The molecule has 1 aliphatic rings. The van der Waals surface area contributed by atoms with Crippen LogP contribution in [0.2, 0.25) is 0 Å². The summed E-state index contributed by atoms with van der Waals surface area (Å²) >= 11 is 0. The third kappa shape index (κ3) is 2.58. The number of ether oxygens (including phenoxy) is 1. The number of rotatable bonds is 2. The Bertz CT molecular complexity index is 1200. The molecule has 0 radical (unpaired) electrons. The van der Waals surface area contributed by atoms with Crippen molar-refractivity contribution in [3.8, 4) is 22.5 Å². The smallest absolute Gasteiger partial charge is 0.155 e. The van der Waals surface area contributed by atoms with Crippen LogP contribution in [0, 0.1) is 11.6 Å². The molecule has 9 heteroatoms. The van der Waals surface area contributed by atoms with E-state index < -0.39 is 17.2 Å². The zero-order valence-electron chi connectivity index (χ0n) is 15.2. The molecule has 0 atom stereocenters. The van der Waals surface area contributed by atoms with Gasteiger partial charge in [-0.2, -0.15) is 10.2 Å². The van der Waals surface area contributed by atoms with Gasteiger partial charge in [-0.3, -0.25) is 14.8 Å². The van der Waals surface area contributed by atoms with Gasteiger partial charge in [0.05, 0.1) is 48.7 Å². The monoisotopic (exact) mass is 382 g/mol. The van der Waals surface area contributed by atoms with Gasteiger partial charge in [0.15, 0.2) is 5.65 Å². The first-order chi connectivity index (χ1) is 13.4. The van der Waals surface area contributed by atoms with Gasteiger partial charge >= 0.3 is 0 Å². The highest BCUT2D eigenvalue weighted by molar-refractivity contribution is 5.97. The number of H-pyrrole nitrogens is 1. The molecule has 4 aromatic rings. The maximum atomic E-state index is 15.0. The minimum atomic E-state index is -0.502. The van der Waals surface area contributed by atoms with Gasteiger partial charge in [0.25, 0.3) is 0 Å². The lowest BCUT2D eigenvalue weighted by Gasteiger charge is -2.31. The highest BCUT2D eigenvalue weighted by Gasteiger charge is 2.33. The second kappa shape index (κ2) is 5.90. The van der Waals surface area contributed by atoms with Crippen LogP contribution in [-0.4, -0.2) is 35.5 Å². The highest BCUT2D eigenvalue weighted by Crippen LogP contribution is 2.41. The third-order valence-electron chi connectivity index (χ3n) is 4.84. The molecule has 5 rings (SSSR count). The number of hydrogen-bond donors (Lipinski definition) is 1. The number of aromatic nitrogens is 6. The summed E-state index contributed by atoms with van der Waals surface area (Å²) in [6.07, 6.45) is 3.80. The number of fused-ring (bicyclic) bond motifs is 2. The van der Waals surface area contributed by atoms with Gasteiger partial charge in [0.2, 0.25) is 0 Å². The third-order valence-corrected chi connectivity index (χ3v) is 4.84. The quantitative estimate of drug-likeness (QED) is 0.574. The lowest BCUT2D eigenvalue weighted by atomic mass is 9.98. The van der Waals surface area contributed by atoms with Gasteiger partial charge in [0.1, 0.15) is 17.3 Å². The summed E-state index contributed by atoms with van der Waals surface area (Å²) in [5.41, 5.74) is 2.57. The normalized spacial score (nSPS) is 15.7. The molecule has 28 heavy (non-hydrogen) atoms. The van der Waals surface area contributed by atoms with Crippen molar-refractivity contribution >= 4 is 11.0 Å². The fraction of sp³-hybridized carbons (Fsp3) is 0.263. The molecule has 5 heterocycles. The van der Waals surface area contributed by atoms with Crippen LogP contribution < -0.4 is 0 Å². The Balaban J connectivity index is 1.83. The molecule has 0 amide bonds. The molecule has 0 aliphatic carbocycles. The fourth-order valence-corrected chi connectivity index (χ4v) is 3.53. The van der Waals surface area contributed by atoms with Gasteiger partial charge in [-0.15, -0.1) is 0 Å². The van der Waals surface area contributed by atoms with E-state index in [4.69, 9.17) is 4.74 Å². The van der Waals surface area contributed by atoms with Crippen LogP contribution in [0.15, 0.2) is 30.7 Å². The van der Waals surface area contributed by atoms with Crippen molar-refractivity contribution in [2.45, 2.75) is 32.6 Å². The number of nitrogens with one attached hydrogen (secondary N) is 1. The van der Waals surface area contributed by atoms with Crippen molar-refractivity contribution in [3.63, 3.8) is 0 Å². The van der Waals surface area contributed by atoms with Crippen LogP contribution >= 0.6 is 0 Å². The predicted molar refractivity (Wildman–Crippen MR) is 97.1 cm³/mol. The first-order valence-corrected chi connectivity index (χ1v) is 8.76. The minimum absolute atomic E-state index is 0.262. The summed E-state index contributed by atoms with van der Waals surface area (Å²) in [6.45, 7) is 4.69. The van der Waals surface area contributed by atoms with E-state index in [9.17, 15) is 8.78 Å². The van der Waals surface area contributed by atoms with Crippen LogP contribution in [0.4, 0.5) is 8.78 Å². The minimum Gasteiger partial charge on any atom is -0.367 e. The van der Waals surface area contributed by atoms with Crippen molar-refractivity contribution < 1.29 is 13.5 Å². The number of halogens is 2. The first kappa shape index (κ1) is 16.9. The van der Waals surface area contributed by atoms with Crippen molar-refractivity contribution in [1.29, 1.82) is 0 Å². The van der Waals surface area contributed by atoms with Crippen molar-refractivity contribution in [3.05, 3.63) is 48.1 Å². The molecule has 4 aromatic heterocycles. The van der Waals surface area contributed by atoms with Crippen molar-refractivity contribution in [2.75, 3.05) is 0 Å². The second-order valence-electron chi connectivity index (χ2n) is 7.35. The Morgan fingerprint density at radius 3 is 2.75 bits per heavy atom. The van der Waals surface area contributed by atoms with E-state index in [2.05, 4.69) is 25.3 Å². The van der Waals surface area contributed by atoms with E-state index in [0.717, 1.165) is 18.1 Å². The Kier molecular flexibility index (Phi) is 3.57. The zero-order valence-corrected chi connectivity index (χ0v) is 15.2. The first-order valence-electron chi connectivity index (χ1n) is 8.76. The molecular formula is C19H16F2N6O. The molecule has 0 bridgehead atoms. The van der Waals surface area contributed by atoms with Gasteiger partial charge in [-0.25, -0.2) is 13.8 Å². The average molecular weight is 382 g/mol. The van der Waals surface area contributed by atoms with Crippen molar-refractivity contribution in [1.82, 2.24) is 29.9 Å². The van der Waals surface area contributed by atoms with E-state index in [1.54, 1.807) is 0 Å². The van der Waals surface area contributed by atoms with E-state index in [1.807, 2.05) is 18.5 Å². The van der Waals surface area contributed by atoms with E-state index in [-0.39, 0.29) is 6.61 Å². The Labute approximate surface area is 158 Å². The van der Waals surface area contributed by atoms with Crippen LogP contribution in [0.25, 0.3) is 33.5 Å². The Morgan fingerprint density at radius 1 is 1.11 bits per heavy atom. The summed E-state index contributed by atoms with van der Waals surface area (Å²) in [5.74, 6) is -0.955. The van der Waals surface area contributed by atoms with Crippen molar-refractivity contribution in [2.24, 2.45) is 0 Å². The number of pyridine rings is 2. The standard InChI is InChI=1S/C19H16F2N6O/c1-19(2)9-27-14(8-28-19)16(17(26-27)13-4-3-10(20)5-22-13)15-11-6-24-25-18(11)23-7-12(15)21/h3-7H,8-9H2,1-2H3,(H,23,24,25). The van der Waals surface area contributed by atoms with Crippen LogP contribution in [0.3, 0.4) is 0 Å². The van der Waals surface area contributed by atoms with Gasteiger partial charge in [-0.1, -0.05) is 0 Å². The Morgan fingerprint density at radius 2 is 1.96 bits per heavy atom. The summed E-state index contributed by atoms with van der Waals surface area (Å²) in [5, 5.41) is 12.0. The van der Waals surface area contributed by atoms with E-state index in [0.29, 0.717) is 40.1 Å². The molecule has 0 saturated carbocycles. The molecule has 0 unspecified atom stereocenters. The van der Waals surface area contributed by atoms with Gasteiger partial charge < -0.3 is 4.74 Å². The summed E-state index contributed by atoms with van der Waals surface area (Å²) in [4.78, 5) is 8.20. The molecule has 1 N–H and O–H groups in total. The summed E-state index contributed by atoms with van der Waals surface area (Å²) in [7, 11) is 0. The van der Waals surface area contributed by atoms with Crippen LogP contribution in [0.5, 0.6) is 0 Å². The second-order valence-corrected chi connectivity index (χ2v) is 7.35. The molecule has 1 aliphatic heterocycles. The Hall–Kier alpha value is -3.20. The maximum Gasteiger partial charge on any atom is 0.155 e. The maximum absolute atomic E-state index is 15.0. The number of aromatic amines is 1. The lowest BCUT2D eigenvalue weighted by molar-refractivity contribution is -0.0657. The van der Waals surface area contributed by atoms with E-state index >= 15 is 0 Å². The van der Waals surface area contributed by atoms with Crippen LogP contribution in [0.1, 0.15) is 19.5 Å². The number of nitrogens with zero attached hydrogens (tertiary/aromatic N) is 5. The fourth-order valence-electron chi connectivity index (χ4n) is 3.53. The molecule has 0 aromatic carbocycles. The molecule has 0 saturated heterocycles. The predicted octanol–water partition coefficient (Wildman–Crippen LogP) is 3.47. The zero-order chi connectivity index (χ0) is 19.5. The summed E-state index contributed by atoms with van der Waals surface area (Å²) < 4.78 is 36.1. The SMILES string of the molecule is CC1(C)Cn2nc(-c3ccc(F)cn3)c(-c3c(F)cnc4[nH]ncc34)c2CO1. The molecule has 142 valence electrons. The van der Waals surface area contributed by atoms with Crippen LogP contribution in [-0.2, 0) is 17.9 Å². The molecular weight excluding hydrogens is 366 g/mol. The highest BCUT2D eigenvalue weighted by atomic mass is 19.1. The summed E-state index contributed by atoms with van der Waals surface area (Å²) in [6, 6.07) is 2.84. The topological polar surface area (TPSA) is 81.5 Å². The number of hydrogen-bond acceptors (Lipinski definition) is 5. The lowest BCUT2D eigenvalue weighted by Crippen LogP contribution is -2.36.